The number of allylic oxidation sites excluding steroid dienone is 2. The summed E-state index contributed by atoms with van der Waals surface area (Å²) in [5, 5.41) is 0. The van der Waals surface area contributed by atoms with Gasteiger partial charge in [-0.15, -0.1) is 6.58 Å². The van der Waals surface area contributed by atoms with Gasteiger partial charge >= 0.3 is 0 Å². The van der Waals surface area contributed by atoms with Crippen molar-refractivity contribution in [1.82, 2.24) is 0 Å². The van der Waals surface area contributed by atoms with Gasteiger partial charge in [-0.25, -0.2) is 9.78 Å². The van der Waals surface area contributed by atoms with Crippen LogP contribution in [-0.2, 0) is 9.78 Å². The van der Waals surface area contributed by atoms with Gasteiger partial charge in [0.05, 0.1) is 6.10 Å². The van der Waals surface area contributed by atoms with Crippen molar-refractivity contribution in [3.63, 3.8) is 0 Å². The standard InChI is InChI=1S/C11H16O2/c1-3-5-8-9(6-4-2)11-7-10(8)12-13-11/h3-4,6,8-11H,1,5,7H2,2H3/b6-4+/t8-,9?,10+,11-/m1/s1. The zero-order valence-corrected chi connectivity index (χ0v) is 7.98. The number of rotatable bonds is 3. The third kappa shape index (κ3) is 1.45. The van der Waals surface area contributed by atoms with E-state index in [0.717, 1.165) is 12.8 Å². The third-order valence-corrected chi connectivity index (χ3v) is 3.02. The van der Waals surface area contributed by atoms with Crippen molar-refractivity contribution in [2.45, 2.75) is 32.0 Å². The number of fused-ring (bicyclic) bond motifs is 2. The van der Waals surface area contributed by atoms with Crippen molar-refractivity contribution in [1.29, 1.82) is 0 Å². The van der Waals surface area contributed by atoms with Gasteiger partial charge in [0.2, 0.25) is 0 Å². The Morgan fingerprint density at radius 3 is 2.85 bits per heavy atom. The molecule has 1 saturated carbocycles. The van der Waals surface area contributed by atoms with E-state index in [1.54, 1.807) is 0 Å². The van der Waals surface area contributed by atoms with Crippen LogP contribution in [0.4, 0.5) is 0 Å². The van der Waals surface area contributed by atoms with Gasteiger partial charge in [0, 0.05) is 18.3 Å². The highest BCUT2D eigenvalue weighted by Gasteiger charge is 2.48. The molecular weight excluding hydrogens is 164 g/mol. The molecular formula is C11H16O2. The lowest BCUT2D eigenvalue weighted by atomic mass is 9.90. The van der Waals surface area contributed by atoms with Crippen molar-refractivity contribution in [3.05, 3.63) is 24.8 Å². The highest BCUT2D eigenvalue weighted by Crippen LogP contribution is 2.44. The molecule has 1 unspecified atom stereocenters. The largest absolute Gasteiger partial charge is 0.233 e. The van der Waals surface area contributed by atoms with Crippen molar-refractivity contribution < 1.29 is 9.78 Å². The van der Waals surface area contributed by atoms with Crippen LogP contribution in [0.1, 0.15) is 19.8 Å². The Balaban J connectivity index is 2.09. The molecule has 2 rings (SSSR count). The van der Waals surface area contributed by atoms with E-state index in [1.165, 1.54) is 0 Å². The van der Waals surface area contributed by atoms with E-state index in [-0.39, 0.29) is 6.10 Å². The summed E-state index contributed by atoms with van der Waals surface area (Å²) in [4.78, 5) is 10.4. The fourth-order valence-corrected chi connectivity index (χ4v) is 2.43. The quantitative estimate of drug-likeness (QED) is 0.490. The van der Waals surface area contributed by atoms with E-state index >= 15 is 0 Å². The first kappa shape index (κ1) is 8.97. The van der Waals surface area contributed by atoms with Gasteiger partial charge in [0.15, 0.2) is 0 Å². The molecule has 2 heteroatoms. The Bertz CT molecular complexity index is 222. The summed E-state index contributed by atoms with van der Waals surface area (Å²) in [5.41, 5.74) is 0. The van der Waals surface area contributed by atoms with E-state index in [2.05, 4.69) is 25.7 Å². The van der Waals surface area contributed by atoms with Gasteiger partial charge in [-0.2, -0.15) is 0 Å². The third-order valence-electron chi connectivity index (χ3n) is 3.02. The van der Waals surface area contributed by atoms with Crippen LogP contribution in [0.15, 0.2) is 24.8 Å². The molecule has 1 saturated heterocycles. The summed E-state index contributed by atoms with van der Waals surface area (Å²) in [6.45, 7) is 5.84. The molecule has 0 radical (unpaired) electrons. The van der Waals surface area contributed by atoms with E-state index in [4.69, 9.17) is 9.78 Å². The molecule has 2 bridgehead atoms. The molecule has 0 aromatic carbocycles. The smallest absolute Gasteiger partial charge is 0.102 e. The first-order valence-electron chi connectivity index (χ1n) is 4.92. The Hall–Kier alpha value is -0.600. The van der Waals surface area contributed by atoms with Gasteiger partial charge in [-0.1, -0.05) is 18.2 Å². The molecule has 13 heavy (non-hydrogen) atoms. The van der Waals surface area contributed by atoms with Crippen LogP contribution in [0.25, 0.3) is 0 Å². The molecule has 72 valence electrons. The maximum absolute atomic E-state index is 5.21. The normalized spacial score (nSPS) is 43.2. The van der Waals surface area contributed by atoms with Crippen LogP contribution in [0.2, 0.25) is 0 Å². The molecule has 2 nitrogen and oxygen atoms in total. The van der Waals surface area contributed by atoms with E-state index in [9.17, 15) is 0 Å². The molecule has 4 atom stereocenters. The summed E-state index contributed by atoms with van der Waals surface area (Å²) < 4.78 is 0. The van der Waals surface area contributed by atoms with Crippen LogP contribution >= 0.6 is 0 Å². The Morgan fingerprint density at radius 2 is 2.15 bits per heavy atom. The molecule has 0 aromatic rings. The molecule has 0 aromatic heterocycles. The van der Waals surface area contributed by atoms with E-state index in [1.807, 2.05) is 6.08 Å². The monoisotopic (exact) mass is 180 g/mol. The second kappa shape index (κ2) is 3.64. The average molecular weight is 180 g/mol. The van der Waals surface area contributed by atoms with Crippen LogP contribution in [0.3, 0.4) is 0 Å². The predicted octanol–water partition coefficient (Wildman–Crippen LogP) is 2.47. The second-order valence-corrected chi connectivity index (χ2v) is 3.80. The van der Waals surface area contributed by atoms with Crippen LogP contribution in [-0.4, -0.2) is 12.2 Å². The fraction of sp³-hybridized carbons (Fsp3) is 0.636. The van der Waals surface area contributed by atoms with Gasteiger partial charge in [0.25, 0.3) is 0 Å². The lowest BCUT2D eigenvalue weighted by Gasteiger charge is -2.26. The fourth-order valence-electron chi connectivity index (χ4n) is 2.43. The topological polar surface area (TPSA) is 18.5 Å². The maximum atomic E-state index is 5.21. The van der Waals surface area contributed by atoms with Crippen molar-refractivity contribution in [2.75, 3.05) is 0 Å². The highest BCUT2D eigenvalue weighted by molar-refractivity contribution is 5.05. The molecule has 0 amide bonds. The number of hydrogen-bond donors (Lipinski definition) is 0. The van der Waals surface area contributed by atoms with E-state index < -0.39 is 0 Å². The maximum Gasteiger partial charge on any atom is 0.102 e. The van der Waals surface area contributed by atoms with Gasteiger partial charge < -0.3 is 0 Å². The number of hydrogen-bond acceptors (Lipinski definition) is 2. The zero-order chi connectivity index (χ0) is 9.26. The second-order valence-electron chi connectivity index (χ2n) is 3.80. The lowest BCUT2D eigenvalue weighted by molar-refractivity contribution is -0.336. The SMILES string of the molecule is C=CC[C@@H]1C(/C=C/C)[C@H]2C[C@@H]1OO2. The Morgan fingerprint density at radius 1 is 1.38 bits per heavy atom. The Labute approximate surface area is 79.2 Å². The minimum Gasteiger partial charge on any atom is -0.233 e. The summed E-state index contributed by atoms with van der Waals surface area (Å²) >= 11 is 0. The molecule has 2 aliphatic rings. The first-order valence-corrected chi connectivity index (χ1v) is 4.92. The van der Waals surface area contributed by atoms with E-state index in [0.29, 0.717) is 17.9 Å². The highest BCUT2D eigenvalue weighted by atomic mass is 17.2. The minimum absolute atomic E-state index is 0.283. The minimum atomic E-state index is 0.283. The summed E-state index contributed by atoms with van der Waals surface area (Å²) in [5.74, 6) is 1.11. The van der Waals surface area contributed by atoms with Crippen molar-refractivity contribution >= 4 is 0 Å². The molecule has 1 heterocycles. The lowest BCUT2D eigenvalue weighted by Crippen LogP contribution is -2.28. The van der Waals surface area contributed by atoms with Crippen molar-refractivity contribution in [3.8, 4) is 0 Å². The summed E-state index contributed by atoms with van der Waals surface area (Å²) in [7, 11) is 0. The predicted molar refractivity (Wildman–Crippen MR) is 51.0 cm³/mol. The Kier molecular flexibility index (Phi) is 2.51. The van der Waals surface area contributed by atoms with Gasteiger partial charge in [-0.05, 0) is 13.3 Å². The first-order chi connectivity index (χ1) is 6.36. The molecule has 0 N–H and O–H groups in total. The van der Waals surface area contributed by atoms with Gasteiger partial charge in [-0.3, -0.25) is 0 Å². The van der Waals surface area contributed by atoms with Crippen LogP contribution < -0.4 is 0 Å². The zero-order valence-electron chi connectivity index (χ0n) is 7.98. The van der Waals surface area contributed by atoms with Crippen molar-refractivity contribution in [2.24, 2.45) is 11.8 Å². The average Bonchev–Trinajstić information content (AvgIpc) is 2.69. The molecule has 1 aliphatic heterocycles. The summed E-state index contributed by atoms with van der Waals surface area (Å²) in [6.07, 6.45) is 8.97. The van der Waals surface area contributed by atoms with Gasteiger partial charge in [0.1, 0.15) is 6.10 Å². The van der Waals surface area contributed by atoms with Crippen LogP contribution in [0.5, 0.6) is 0 Å². The van der Waals surface area contributed by atoms with Crippen LogP contribution in [0, 0.1) is 11.8 Å². The molecule has 2 fully saturated rings. The summed E-state index contributed by atoms with van der Waals surface area (Å²) in [6, 6.07) is 0. The molecule has 1 aliphatic carbocycles. The molecule has 0 spiro atoms.